The predicted molar refractivity (Wildman–Crippen MR) is 62.3 cm³/mol. The third-order valence-electron chi connectivity index (χ3n) is 3.17. The average Bonchev–Trinajstić information content (AvgIpc) is 3.00. The molecule has 0 unspecified atom stereocenters. The van der Waals surface area contributed by atoms with Crippen molar-refractivity contribution in [3.63, 3.8) is 0 Å². The quantitative estimate of drug-likeness (QED) is 0.770. The van der Waals surface area contributed by atoms with Gasteiger partial charge < -0.3 is 9.73 Å². The van der Waals surface area contributed by atoms with Crippen molar-refractivity contribution in [2.24, 2.45) is 0 Å². The van der Waals surface area contributed by atoms with E-state index in [9.17, 15) is 0 Å². The molecule has 1 aliphatic rings. The molecular weight excluding hydrogens is 202 g/mol. The molecule has 4 nitrogen and oxygen atoms in total. The zero-order chi connectivity index (χ0) is 11.4. The number of hydrogen-bond donors (Lipinski definition) is 1. The number of rotatable bonds is 7. The van der Waals surface area contributed by atoms with E-state index in [4.69, 9.17) is 4.42 Å². The van der Waals surface area contributed by atoms with Gasteiger partial charge in [-0.2, -0.15) is 0 Å². The van der Waals surface area contributed by atoms with Gasteiger partial charge in [-0.1, -0.05) is 13.8 Å². The van der Waals surface area contributed by atoms with E-state index in [2.05, 4.69) is 29.4 Å². The summed E-state index contributed by atoms with van der Waals surface area (Å²) >= 11 is 0. The minimum Gasteiger partial charge on any atom is -0.425 e. The van der Waals surface area contributed by atoms with Crippen LogP contribution in [0, 0.1) is 0 Å². The summed E-state index contributed by atoms with van der Waals surface area (Å²) in [4.78, 5) is 0. The molecule has 0 radical (unpaired) electrons. The van der Waals surface area contributed by atoms with Gasteiger partial charge in [0.05, 0.1) is 0 Å². The largest absolute Gasteiger partial charge is 0.425 e. The Labute approximate surface area is 96.8 Å². The lowest BCUT2D eigenvalue weighted by Crippen LogP contribution is -2.19. The van der Waals surface area contributed by atoms with E-state index in [0.29, 0.717) is 5.92 Å². The van der Waals surface area contributed by atoms with Gasteiger partial charge in [-0.25, -0.2) is 0 Å². The van der Waals surface area contributed by atoms with Crippen molar-refractivity contribution < 1.29 is 4.42 Å². The van der Waals surface area contributed by atoms with E-state index in [0.717, 1.165) is 43.6 Å². The molecular formula is C12H21N3O. The van der Waals surface area contributed by atoms with Crippen molar-refractivity contribution >= 4 is 0 Å². The number of aromatic nitrogens is 2. The smallest absolute Gasteiger partial charge is 0.219 e. The first kappa shape index (κ1) is 11.6. The Balaban J connectivity index is 1.80. The second kappa shape index (κ2) is 5.43. The number of nitrogens with zero attached hydrogens (tertiary/aromatic N) is 2. The summed E-state index contributed by atoms with van der Waals surface area (Å²) in [5, 5.41) is 11.7. The molecule has 0 aliphatic heterocycles. The summed E-state index contributed by atoms with van der Waals surface area (Å²) in [5.41, 5.74) is 0. The lowest BCUT2D eigenvalue weighted by Gasteiger charge is -2.05. The molecule has 4 heteroatoms. The Kier molecular flexibility index (Phi) is 3.93. The Bertz CT molecular complexity index is 316. The van der Waals surface area contributed by atoms with Gasteiger partial charge in [0, 0.05) is 24.9 Å². The molecule has 90 valence electrons. The molecule has 0 spiro atoms. The monoisotopic (exact) mass is 223 g/mol. The van der Waals surface area contributed by atoms with Gasteiger partial charge in [0.2, 0.25) is 11.8 Å². The van der Waals surface area contributed by atoms with E-state index in [1.165, 1.54) is 12.8 Å². The highest BCUT2D eigenvalue weighted by atomic mass is 16.4. The maximum atomic E-state index is 5.67. The minimum atomic E-state index is 0.428. The first-order valence-electron chi connectivity index (χ1n) is 6.39. The highest BCUT2D eigenvalue weighted by Crippen LogP contribution is 2.21. The minimum absolute atomic E-state index is 0.428. The number of hydrogen-bond acceptors (Lipinski definition) is 4. The molecule has 1 heterocycles. The number of nitrogens with one attached hydrogen (secondary N) is 1. The molecule has 0 aromatic carbocycles. The van der Waals surface area contributed by atoms with Gasteiger partial charge in [0.1, 0.15) is 0 Å². The summed E-state index contributed by atoms with van der Waals surface area (Å²) in [7, 11) is 0. The van der Waals surface area contributed by atoms with Crippen molar-refractivity contribution in [1.82, 2.24) is 15.5 Å². The first-order valence-corrected chi connectivity index (χ1v) is 6.39. The molecule has 0 amide bonds. The molecule has 0 atom stereocenters. The maximum absolute atomic E-state index is 5.67. The summed E-state index contributed by atoms with van der Waals surface area (Å²) in [6.45, 7) is 5.27. The zero-order valence-corrected chi connectivity index (χ0v) is 10.2. The van der Waals surface area contributed by atoms with Gasteiger partial charge in [-0.3, -0.25) is 0 Å². The molecule has 1 aromatic heterocycles. The van der Waals surface area contributed by atoms with Crippen LogP contribution in [-0.4, -0.2) is 22.8 Å². The third kappa shape index (κ3) is 3.04. The van der Waals surface area contributed by atoms with Crippen LogP contribution >= 0.6 is 0 Å². The molecule has 1 saturated carbocycles. The summed E-state index contributed by atoms with van der Waals surface area (Å²) in [5.74, 6) is 2.01. The second-order valence-electron chi connectivity index (χ2n) is 4.53. The van der Waals surface area contributed by atoms with Crippen molar-refractivity contribution in [2.45, 2.75) is 57.9 Å². The van der Waals surface area contributed by atoms with Crippen LogP contribution in [0.25, 0.3) is 0 Å². The summed E-state index contributed by atoms with van der Waals surface area (Å²) in [6.07, 6.45) is 5.63. The summed E-state index contributed by atoms with van der Waals surface area (Å²) in [6, 6.07) is 0.751. The standard InChI is InChI=1S/C12H21N3O/c1-3-9(4-2)12-15-14-11(16-12)7-8-13-10-5-6-10/h9-10,13H,3-8H2,1-2H3. The van der Waals surface area contributed by atoms with Crippen molar-refractivity contribution in [2.75, 3.05) is 6.54 Å². The van der Waals surface area contributed by atoms with Crippen LogP contribution in [0.2, 0.25) is 0 Å². The average molecular weight is 223 g/mol. The van der Waals surface area contributed by atoms with Crippen LogP contribution in [0.3, 0.4) is 0 Å². The van der Waals surface area contributed by atoms with Crippen LogP contribution in [0.4, 0.5) is 0 Å². The normalized spacial score (nSPS) is 15.9. The fourth-order valence-electron chi connectivity index (χ4n) is 1.84. The Morgan fingerprint density at radius 2 is 2.06 bits per heavy atom. The van der Waals surface area contributed by atoms with Crippen LogP contribution < -0.4 is 5.32 Å². The lowest BCUT2D eigenvalue weighted by atomic mass is 10.0. The van der Waals surface area contributed by atoms with Crippen LogP contribution in [0.15, 0.2) is 4.42 Å². The Morgan fingerprint density at radius 1 is 1.31 bits per heavy atom. The van der Waals surface area contributed by atoms with Gasteiger partial charge in [-0.05, 0) is 25.7 Å². The van der Waals surface area contributed by atoms with E-state index in [1.54, 1.807) is 0 Å². The van der Waals surface area contributed by atoms with Crippen LogP contribution in [-0.2, 0) is 6.42 Å². The van der Waals surface area contributed by atoms with Gasteiger partial charge in [-0.15, -0.1) is 10.2 Å². The molecule has 1 fully saturated rings. The molecule has 1 N–H and O–H groups in total. The second-order valence-corrected chi connectivity index (χ2v) is 4.53. The molecule has 0 bridgehead atoms. The Morgan fingerprint density at radius 3 is 2.69 bits per heavy atom. The van der Waals surface area contributed by atoms with Crippen LogP contribution in [0.5, 0.6) is 0 Å². The topological polar surface area (TPSA) is 51.0 Å². The van der Waals surface area contributed by atoms with E-state index in [1.807, 2.05) is 0 Å². The zero-order valence-electron chi connectivity index (χ0n) is 10.2. The highest BCUT2D eigenvalue weighted by Gasteiger charge is 2.20. The van der Waals surface area contributed by atoms with Crippen molar-refractivity contribution in [3.8, 4) is 0 Å². The van der Waals surface area contributed by atoms with Gasteiger partial charge >= 0.3 is 0 Å². The molecule has 1 aromatic rings. The first-order chi connectivity index (χ1) is 7.83. The van der Waals surface area contributed by atoms with E-state index < -0.39 is 0 Å². The summed E-state index contributed by atoms with van der Waals surface area (Å²) < 4.78 is 5.67. The predicted octanol–water partition coefficient (Wildman–Crippen LogP) is 2.27. The van der Waals surface area contributed by atoms with Crippen molar-refractivity contribution in [3.05, 3.63) is 11.8 Å². The fourth-order valence-corrected chi connectivity index (χ4v) is 1.84. The highest BCUT2D eigenvalue weighted by molar-refractivity contribution is 4.91. The van der Waals surface area contributed by atoms with Gasteiger partial charge in [0.15, 0.2) is 0 Å². The Hall–Kier alpha value is -0.900. The van der Waals surface area contributed by atoms with Gasteiger partial charge in [0.25, 0.3) is 0 Å². The molecule has 1 aliphatic carbocycles. The SMILES string of the molecule is CCC(CC)c1nnc(CCNC2CC2)o1. The van der Waals surface area contributed by atoms with Crippen molar-refractivity contribution in [1.29, 1.82) is 0 Å². The molecule has 16 heavy (non-hydrogen) atoms. The van der Waals surface area contributed by atoms with Crippen LogP contribution in [0.1, 0.15) is 57.2 Å². The molecule has 0 saturated heterocycles. The third-order valence-corrected chi connectivity index (χ3v) is 3.17. The fraction of sp³-hybridized carbons (Fsp3) is 0.833. The van der Waals surface area contributed by atoms with E-state index >= 15 is 0 Å². The maximum Gasteiger partial charge on any atom is 0.219 e. The van der Waals surface area contributed by atoms with E-state index in [-0.39, 0.29) is 0 Å². The lowest BCUT2D eigenvalue weighted by molar-refractivity contribution is 0.401. The molecule has 2 rings (SSSR count).